The number of aryl methyl sites for hydroxylation is 1. The number of sulfonamides is 1. The van der Waals surface area contributed by atoms with E-state index in [0.717, 1.165) is 5.56 Å². The van der Waals surface area contributed by atoms with Crippen molar-refractivity contribution in [3.05, 3.63) is 29.8 Å². The summed E-state index contributed by atoms with van der Waals surface area (Å²) in [6.07, 6.45) is 1.35. The summed E-state index contributed by atoms with van der Waals surface area (Å²) < 4.78 is 25.2. The van der Waals surface area contributed by atoms with Crippen LogP contribution in [0.2, 0.25) is 0 Å². The molecule has 1 rings (SSSR count). The van der Waals surface area contributed by atoms with E-state index in [-0.39, 0.29) is 12.4 Å². The van der Waals surface area contributed by atoms with E-state index in [1.807, 2.05) is 6.07 Å². The molecule has 0 unspecified atom stereocenters. The SMILES string of the molecule is O=S(=O)(CCO)Nc1cccc(CCCO)c1. The normalized spacial score (nSPS) is 11.4. The summed E-state index contributed by atoms with van der Waals surface area (Å²) in [5, 5.41) is 17.3. The number of hydrogen-bond acceptors (Lipinski definition) is 4. The molecule has 6 heteroatoms. The number of nitrogens with one attached hydrogen (secondary N) is 1. The summed E-state index contributed by atoms with van der Waals surface area (Å²) in [6, 6.07) is 7.00. The molecule has 0 heterocycles. The lowest BCUT2D eigenvalue weighted by molar-refractivity contribution is 0.288. The number of aliphatic hydroxyl groups excluding tert-OH is 2. The van der Waals surface area contributed by atoms with Crippen LogP contribution in [0.4, 0.5) is 5.69 Å². The van der Waals surface area contributed by atoms with Gasteiger partial charge in [-0.2, -0.15) is 0 Å². The van der Waals surface area contributed by atoms with Crippen molar-refractivity contribution >= 4 is 15.7 Å². The van der Waals surface area contributed by atoms with Gasteiger partial charge in [0, 0.05) is 12.3 Å². The van der Waals surface area contributed by atoms with Gasteiger partial charge in [0.05, 0.1) is 12.4 Å². The summed E-state index contributed by atoms with van der Waals surface area (Å²) >= 11 is 0. The first-order valence-electron chi connectivity index (χ1n) is 5.38. The maximum Gasteiger partial charge on any atom is 0.234 e. The minimum absolute atomic E-state index is 0.112. The van der Waals surface area contributed by atoms with E-state index in [4.69, 9.17) is 10.2 Å². The Morgan fingerprint density at radius 1 is 1.18 bits per heavy atom. The van der Waals surface area contributed by atoms with Gasteiger partial charge >= 0.3 is 0 Å². The summed E-state index contributed by atoms with van der Waals surface area (Å²) in [5.74, 6) is -0.312. The Morgan fingerprint density at radius 2 is 1.94 bits per heavy atom. The summed E-state index contributed by atoms with van der Waals surface area (Å²) in [7, 11) is -3.47. The van der Waals surface area contributed by atoms with Gasteiger partial charge in [-0.05, 0) is 30.5 Å². The van der Waals surface area contributed by atoms with Gasteiger partial charge < -0.3 is 10.2 Å². The molecule has 0 spiro atoms. The molecular weight excluding hydrogens is 242 g/mol. The Kier molecular flexibility index (Phi) is 5.40. The van der Waals surface area contributed by atoms with Crippen LogP contribution in [0.25, 0.3) is 0 Å². The highest BCUT2D eigenvalue weighted by Crippen LogP contribution is 2.13. The van der Waals surface area contributed by atoms with Gasteiger partial charge in [0.1, 0.15) is 0 Å². The molecule has 3 N–H and O–H groups in total. The van der Waals surface area contributed by atoms with Crippen LogP contribution in [0, 0.1) is 0 Å². The smallest absolute Gasteiger partial charge is 0.234 e. The molecular formula is C11H17NO4S. The largest absolute Gasteiger partial charge is 0.396 e. The van der Waals surface area contributed by atoms with Crippen LogP contribution in [0.1, 0.15) is 12.0 Å². The second kappa shape index (κ2) is 6.58. The number of hydrogen-bond donors (Lipinski definition) is 3. The minimum Gasteiger partial charge on any atom is -0.396 e. The maximum absolute atomic E-state index is 11.4. The van der Waals surface area contributed by atoms with Crippen LogP contribution >= 0.6 is 0 Å². The average Bonchev–Trinajstić information content (AvgIpc) is 2.26. The molecule has 0 amide bonds. The molecule has 17 heavy (non-hydrogen) atoms. The molecule has 0 fully saturated rings. The first-order valence-corrected chi connectivity index (χ1v) is 7.04. The molecule has 0 atom stereocenters. The Balaban J connectivity index is 2.71. The molecule has 1 aromatic carbocycles. The van der Waals surface area contributed by atoms with Crippen LogP contribution in [0.15, 0.2) is 24.3 Å². The van der Waals surface area contributed by atoms with E-state index in [0.29, 0.717) is 18.5 Å². The third kappa shape index (κ3) is 5.16. The van der Waals surface area contributed by atoms with Gasteiger partial charge in [0.25, 0.3) is 0 Å². The van der Waals surface area contributed by atoms with Gasteiger partial charge in [-0.15, -0.1) is 0 Å². The molecule has 0 aliphatic carbocycles. The van der Waals surface area contributed by atoms with Crippen molar-refractivity contribution in [2.75, 3.05) is 23.7 Å². The predicted molar refractivity (Wildman–Crippen MR) is 66.3 cm³/mol. The fourth-order valence-electron chi connectivity index (χ4n) is 1.42. The monoisotopic (exact) mass is 259 g/mol. The van der Waals surface area contributed by atoms with Gasteiger partial charge in [-0.25, -0.2) is 8.42 Å². The Bertz CT molecular complexity index is 445. The van der Waals surface area contributed by atoms with Crippen LogP contribution in [0.5, 0.6) is 0 Å². The van der Waals surface area contributed by atoms with Crippen LogP contribution < -0.4 is 4.72 Å². The number of benzene rings is 1. The van der Waals surface area contributed by atoms with E-state index in [1.54, 1.807) is 18.2 Å². The van der Waals surface area contributed by atoms with E-state index < -0.39 is 16.6 Å². The van der Waals surface area contributed by atoms with Gasteiger partial charge in [-0.3, -0.25) is 4.72 Å². The summed E-state index contributed by atoms with van der Waals surface area (Å²) in [6.45, 7) is -0.292. The summed E-state index contributed by atoms with van der Waals surface area (Å²) in [4.78, 5) is 0. The third-order valence-corrected chi connectivity index (χ3v) is 3.45. The molecule has 0 aliphatic rings. The van der Waals surface area contributed by atoms with Crippen molar-refractivity contribution in [1.82, 2.24) is 0 Å². The highest BCUT2D eigenvalue weighted by atomic mass is 32.2. The number of aliphatic hydroxyl groups is 2. The van der Waals surface area contributed by atoms with Gasteiger partial charge in [0.2, 0.25) is 10.0 Å². The van der Waals surface area contributed by atoms with E-state index in [1.165, 1.54) is 0 Å². The molecule has 0 radical (unpaired) electrons. The molecule has 1 aromatic rings. The average molecular weight is 259 g/mol. The van der Waals surface area contributed by atoms with E-state index in [2.05, 4.69) is 4.72 Å². The van der Waals surface area contributed by atoms with Crippen LogP contribution in [-0.4, -0.2) is 37.6 Å². The van der Waals surface area contributed by atoms with E-state index in [9.17, 15) is 8.42 Å². The Morgan fingerprint density at radius 3 is 2.59 bits per heavy atom. The lowest BCUT2D eigenvalue weighted by atomic mass is 10.1. The highest BCUT2D eigenvalue weighted by molar-refractivity contribution is 7.92. The van der Waals surface area contributed by atoms with Crippen LogP contribution in [-0.2, 0) is 16.4 Å². The van der Waals surface area contributed by atoms with Crippen molar-refractivity contribution < 1.29 is 18.6 Å². The lowest BCUT2D eigenvalue weighted by Gasteiger charge is -2.08. The fraction of sp³-hybridized carbons (Fsp3) is 0.455. The fourth-order valence-corrected chi connectivity index (χ4v) is 2.25. The highest BCUT2D eigenvalue weighted by Gasteiger charge is 2.09. The van der Waals surface area contributed by atoms with Crippen molar-refractivity contribution in [1.29, 1.82) is 0 Å². The van der Waals surface area contributed by atoms with Crippen molar-refractivity contribution in [3.63, 3.8) is 0 Å². The molecule has 0 saturated heterocycles. The lowest BCUT2D eigenvalue weighted by Crippen LogP contribution is -2.18. The molecule has 0 saturated carbocycles. The Hall–Kier alpha value is -1.11. The standard InChI is InChI=1S/C11H17NO4S/c13-6-2-4-10-3-1-5-11(9-10)12-17(15,16)8-7-14/h1,3,5,9,12-14H,2,4,6-8H2. The van der Waals surface area contributed by atoms with Crippen LogP contribution in [0.3, 0.4) is 0 Å². The molecule has 5 nitrogen and oxygen atoms in total. The molecule has 0 aliphatic heterocycles. The first-order chi connectivity index (χ1) is 8.07. The van der Waals surface area contributed by atoms with Gasteiger partial charge in [0.15, 0.2) is 0 Å². The topological polar surface area (TPSA) is 86.6 Å². The summed E-state index contributed by atoms with van der Waals surface area (Å²) in [5.41, 5.74) is 1.44. The predicted octanol–water partition coefficient (Wildman–Crippen LogP) is 0.345. The van der Waals surface area contributed by atoms with E-state index >= 15 is 0 Å². The second-order valence-electron chi connectivity index (χ2n) is 3.67. The zero-order chi connectivity index (χ0) is 12.7. The van der Waals surface area contributed by atoms with Gasteiger partial charge in [-0.1, -0.05) is 12.1 Å². The quantitative estimate of drug-likeness (QED) is 0.659. The Labute approximate surface area is 101 Å². The second-order valence-corrected chi connectivity index (χ2v) is 5.51. The minimum atomic E-state index is -3.47. The molecule has 0 bridgehead atoms. The molecule has 96 valence electrons. The maximum atomic E-state index is 11.4. The van der Waals surface area contributed by atoms with Crippen molar-refractivity contribution in [2.24, 2.45) is 0 Å². The third-order valence-electron chi connectivity index (χ3n) is 2.18. The first kappa shape index (κ1) is 14.0. The molecule has 0 aromatic heterocycles. The number of rotatable bonds is 7. The van der Waals surface area contributed by atoms with Crippen molar-refractivity contribution in [2.45, 2.75) is 12.8 Å². The number of anilines is 1. The zero-order valence-corrected chi connectivity index (χ0v) is 10.3. The zero-order valence-electron chi connectivity index (χ0n) is 9.46. The van der Waals surface area contributed by atoms with Crippen molar-refractivity contribution in [3.8, 4) is 0 Å².